The Morgan fingerprint density at radius 3 is 2.50 bits per heavy atom. The summed E-state index contributed by atoms with van der Waals surface area (Å²) < 4.78 is 5.37. The highest BCUT2D eigenvalue weighted by Gasteiger charge is 2.07. The predicted molar refractivity (Wildman–Crippen MR) is 65.6 cm³/mol. The van der Waals surface area contributed by atoms with E-state index in [1.807, 2.05) is 11.9 Å². The number of methoxy groups -OCH3 is 1. The van der Waals surface area contributed by atoms with E-state index in [4.69, 9.17) is 0 Å². The fourth-order valence-electron chi connectivity index (χ4n) is 0.816. The largest absolute Gasteiger partial charge is 0.469 e. The van der Waals surface area contributed by atoms with Gasteiger partial charge in [0.25, 0.3) is 0 Å². The second-order valence-electron chi connectivity index (χ2n) is 3.24. The van der Waals surface area contributed by atoms with Crippen molar-refractivity contribution < 1.29 is 9.53 Å². The van der Waals surface area contributed by atoms with Crippen LogP contribution in [-0.4, -0.2) is 34.4 Å². The third kappa shape index (κ3) is 5.41. The van der Waals surface area contributed by atoms with Crippen molar-refractivity contribution in [1.82, 2.24) is 5.01 Å². The van der Waals surface area contributed by atoms with Gasteiger partial charge in [-0.05, 0) is 20.8 Å². The van der Waals surface area contributed by atoms with Crippen LogP contribution in [0.25, 0.3) is 0 Å². The summed E-state index contributed by atoms with van der Waals surface area (Å²) in [6.45, 7) is 5.96. The zero-order valence-electron chi connectivity index (χ0n) is 9.08. The smallest absolute Gasteiger partial charge is 0.311 e. The molecule has 0 aromatic heterocycles. The maximum atomic E-state index is 10.9. The van der Waals surface area contributed by atoms with E-state index in [0.717, 1.165) is 10.3 Å². The molecular formula is C9H17IN2O2. The number of hydrazone groups is 1. The fourth-order valence-corrected chi connectivity index (χ4v) is 1.76. The Balaban J connectivity index is 4.25. The van der Waals surface area contributed by atoms with E-state index in [1.54, 1.807) is 0 Å². The molecule has 0 aromatic carbocycles. The molecule has 0 atom stereocenters. The van der Waals surface area contributed by atoms with Crippen molar-refractivity contribution in [3.05, 3.63) is 0 Å². The number of ether oxygens (including phenoxy) is 1. The minimum atomic E-state index is -0.247. The molecule has 0 radical (unpaired) electrons. The minimum absolute atomic E-state index is 0.247. The Bertz CT molecular complexity index is 217. The van der Waals surface area contributed by atoms with Gasteiger partial charge in [-0.3, -0.25) is 9.80 Å². The first kappa shape index (κ1) is 13.7. The molecule has 0 fully saturated rings. The molecular weight excluding hydrogens is 295 g/mol. The lowest BCUT2D eigenvalue weighted by atomic mass is 10.3. The van der Waals surface area contributed by atoms with E-state index in [9.17, 15) is 4.79 Å². The van der Waals surface area contributed by atoms with Crippen LogP contribution in [0, 0.1) is 0 Å². The number of halogens is 1. The van der Waals surface area contributed by atoms with Gasteiger partial charge in [0.05, 0.1) is 18.1 Å². The second-order valence-corrected chi connectivity index (χ2v) is 3.92. The first-order chi connectivity index (χ1) is 6.51. The van der Waals surface area contributed by atoms with Crippen LogP contribution in [0.2, 0.25) is 0 Å². The number of carbonyl (C=O) groups is 1. The molecule has 0 saturated carbocycles. The van der Waals surface area contributed by atoms with Crippen LogP contribution in [0.3, 0.4) is 0 Å². The molecule has 0 N–H and O–H groups in total. The number of alkyl halides is 1. The molecule has 0 amide bonds. The Labute approximate surface area is 98.8 Å². The third-order valence-corrected chi connectivity index (χ3v) is 2.34. The van der Waals surface area contributed by atoms with Crippen molar-refractivity contribution in [1.29, 1.82) is 0 Å². The summed E-state index contributed by atoms with van der Waals surface area (Å²) in [6.07, 6.45) is 0.260. The molecule has 14 heavy (non-hydrogen) atoms. The van der Waals surface area contributed by atoms with Crippen molar-refractivity contribution >= 4 is 34.3 Å². The van der Waals surface area contributed by atoms with Gasteiger partial charge in [-0.25, -0.2) is 0 Å². The summed E-state index contributed by atoms with van der Waals surface area (Å²) >= 11 is 2.24. The number of hydrogen-bond donors (Lipinski definition) is 0. The van der Waals surface area contributed by atoms with Crippen molar-refractivity contribution in [2.24, 2.45) is 5.10 Å². The molecule has 0 bridgehead atoms. The molecule has 0 aromatic rings. The van der Waals surface area contributed by atoms with E-state index in [1.165, 1.54) is 7.11 Å². The predicted octanol–water partition coefficient (Wildman–Crippen LogP) is 2.03. The normalized spacial score (nSPS) is 11.7. The lowest BCUT2D eigenvalue weighted by Crippen LogP contribution is -2.25. The second kappa shape index (κ2) is 7.03. The average molecular weight is 312 g/mol. The Hall–Kier alpha value is -0.330. The van der Waals surface area contributed by atoms with Crippen LogP contribution in [0.4, 0.5) is 0 Å². The van der Waals surface area contributed by atoms with Crippen molar-refractivity contribution in [3.8, 4) is 0 Å². The Morgan fingerprint density at radius 2 is 2.14 bits per heavy atom. The van der Waals surface area contributed by atoms with E-state index >= 15 is 0 Å². The lowest BCUT2D eigenvalue weighted by molar-refractivity contribution is -0.139. The van der Waals surface area contributed by atoms with Gasteiger partial charge in [0.15, 0.2) is 0 Å². The highest BCUT2D eigenvalue weighted by molar-refractivity contribution is 14.1. The summed E-state index contributed by atoms with van der Waals surface area (Å²) in [5, 5.41) is 6.25. The molecule has 0 unspecified atom stereocenters. The standard InChI is InChI=1S/C9H17IN2O2/c1-7(2)12(6-10)11-8(3)5-9(13)14-4/h7H,5-6H2,1-4H3/b11-8-. The molecule has 4 nitrogen and oxygen atoms in total. The first-order valence-corrected chi connectivity index (χ1v) is 5.97. The quantitative estimate of drug-likeness (QED) is 0.195. The summed E-state index contributed by atoms with van der Waals surface area (Å²) in [7, 11) is 1.38. The molecule has 0 aliphatic carbocycles. The number of nitrogens with zero attached hydrogens (tertiary/aromatic N) is 2. The van der Waals surface area contributed by atoms with Crippen LogP contribution in [-0.2, 0) is 9.53 Å². The summed E-state index contributed by atoms with van der Waals surface area (Å²) in [6, 6.07) is 0.347. The SMILES string of the molecule is COC(=O)C/C(C)=N\N(CI)C(C)C. The maximum Gasteiger partial charge on any atom is 0.311 e. The van der Waals surface area contributed by atoms with Crippen molar-refractivity contribution in [2.75, 3.05) is 11.7 Å². The van der Waals surface area contributed by atoms with E-state index < -0.39 is 0 Å². The van der Waals surface area contributed by atoms with Gasteiger partial charge < -0.3 is 4.74 Å². The first-order valence-electron chi connectivity index (χ1n) is 4.44. The monoisotopic (exact) mass is 312 g/mol. The minimum Gasteiger partial charge on any atom is -0.469 e. The van der Waals surface area contributed by atoms with Gasteiger partial charge in [-0.2, -0.15) is 5.10 Å². The molecule has 0 spiro atoms. The van der Waals surface area contributed by atoms with Gasteiger partial charge in [0, 0.05) is 11.8 Å². The van der Waals surface area contributed by atoms with Gasteiger partial charge >= 0.3 is 5.97 Å². The summed E-state index contributed by atoms with van der Waals surface area (Å²) in [5.41, 5.74) is 0.780. The Morgan fingerprint density at radius 1 is 1.57 bits per heavy atom. The third-order valence-electron chi connectivity index (χ3n) is 1.65. The molecule has 5 heteroatoms. The topological polar surface area (TPSA) is 41.9 Å². The summed E-state index contributed by atoms with van der Waals surface area (Å²) in [4.78, 5) is 10.9. The van der Waals surface area contributed by atoms with E-state index in [2.05, 4.69) is 46.3 Å². The molecule has 0 aliphatic rings. The van der Waals surface area contributed by atoms with E-state index in [-0.39, 0.29) is 12.4 Å². The lowest BCUT2D eigenvalue weighted by Gasteiger charge is -2.21. The molecule has 0 saturated heterocycles. The summed E-state index contributed by atoms with van der Waals surface area (Å²) in [5.74, 6) is -0.247. The van der Waals surface area contributed by atoms with Crippen LogP contribution < -0.4 is 0 Å². The highest BCUT2D eigenvalue weighted by atomic mass is 127. The number of carbonyl (C=O) groups excluding carboxylic acids is 1. The number of hydrogen-bond acceptors (Lipinski definition) is 4. The molecule has 0 heterocycles. The Kier molecular flexibility index (Phi) is 6.86. The molecule has 82 valence electrons. The average Bonchev–Trinajstić information content (AvgIpc) is 2.13. The zero-order valence-corrected chi connectivity index (χ0v) is 11.2. The van der Waals surface area contributed by atoms with Gasteiger partial charge in [-0.1, -0.05) is 22.6 Å². The van der Waals surface area contributed by atoms with Gasteiger partial charge in [-0.15, -0.1) is 0 Å². The van der Waals surface area contributed by atoms with E-state index in [0.29, 0.717) is 6.04 Å². The number of esters is 1. The van der Waals surface area contributed by atoms with Crippen LogP contribution in [0.1, 0.15) is 27.2 Å². The van der Waals surface area contributed by atoms with Crippen molar-refractivity contribution in [3.63, 3.8) is 0 Å². The van der Waals surface area contributed by atoms with Gasteiger partial charge in [0.2, 0.25) is 0 Å². The number of rotatable bonds is 5. The van der Waals surface area contributed by atoms with Crippen molar-refractivity contribution in [2.45, 2.75) is 33.2 Å². The maximum absolute atomic E-state index is 10.9. The highest BCUT2D eigenvalue weighted by Crippen LogP contribution is 2.04. The van der Waals surface area contributed by atoms with Crippen LogP contribution in [0.5, 0.6) is 0 Å². The fraction of sp³-hybridized carbons (Fsp3) is 0.778. The van der Waals surface area contributed by atoms with Gasteiger partial charge in [0.1, 0.15) is 0 Å². The molecule has 0 rings (SSSR count). The zero-order chi connectivity index (χ0) is 11.1. The van der Waals surface area contributed by atoms with Crippen LogP contribution >= 0.6 is 22.6 Å². The van der Waals surface area contributed by atoms with Crippen LogP contribution in [0.15, 0.2) is 5.10 Å². The molecule has 0 aliphatic heterocycles.